The van der Waals surface area contributed by atoms with E-state index in [-0.39, 0.29) is 5.78 Å². The molecule has 0 fully saturated rings. The predicted octanol–water partition coefficient (Wildman–Crippen LogP) is 4.39. The van der Waals surface area contributed by atoms with Crippen LogP contribution in [0.1, 0.15) is 17.5 Å². The van der Waals surface area contributed by atoms with E-state index in [0.717, 1.165) is 22.5 Å². The summed E-state index contributed by atoms with van der Waals surface area (Å²) in [7, 11) is 1.63. The van der Waals surface area contributed by atoms with E-state index >= 15 is 0 Å². The summed E-state index contributed by atoms with van der Waals surface area (Å²) < 4.78 is 10.8. The maximum atomic E-state index is 11.4. The van der Waals surface area contributed by atoms with Gasteiger partial charge in [-0.1, -0.05) is 12.1 Å². The standard InChI is InChI=1S/C17H15NO3/c1-11(19)16-10-12-4-3-5-15(17(12)21-16)18-13-6-8-14(20-2)9-7-13/h3-10,18H,1-2H3. The van der Waals surface area contributed by atoms with Crippen LogP contribution >= 0.6 is 0 Å². The van der Waals surface area contributed by atoms with Gasteiger partial charge in [-0.2, -0.15) is 0 Å². The van der Waals surface area contributed by atoms with Gasteiger partial charge < -0.3 is 14.5 Å². The number of ketones is 1. The summed E-state index contributed by atoms with van der Waals surface area (Å²) in [6, 6.07) is 15.1. The van der Waals surface area contributed by atoms with E-state index in [1.165, 1.54) is 6.92 Å². The summed E-state index contributed by atoms with van der Waals surface area (Å²) in [6.07, 6.45) is 0. The Labute approximate surface area is 122 Å². The first-order valence-electron chi connectivity index (χ1n) is 6.62. The molecular weight excluding hydrogens is 266 g/mol. The monoisotopic (exact) mass is 281 g/mol. The maximum Gasteiger partial charge on any atom is 0.194 e. The van der Waals surface area contributed by atoms with Gasteiger partial charge in [0.15, 0.2) is 17.1 Å². The Kier molecular flexibility index (Phi) is 3.36. The van der Waals surface area contributed by atoms with Crippen LogP contribution in [0, 0.1) is 0 Å². The van der Waals surface area contributed by atoms with Crippen LogP contribution in [0.3, 0.4) is 0 Å². The van der Waals surface area contributed by atoms with Crippen molar-refractivity contribution in [2.45, 2.75) is 6.92 Å². The van der Waals surface area contributed by atoms with E-state index in [1.54, 1.807) is 13.2 Å². The van der Waals surface area contributed by atoms with Crippen LogP contribution in [0.2, 0.25) is 0 Å². The van der Waals surface area contributed by atoms with Crippen LogP contribution in [0.25, 0.3) is 11.0 Å². The Morgan fingerprint density at radius 1 is 1.14 bits per heavy atom. The number of benzene rings is 2. The number of nitrogens with one attached hydrogen (secondary N) is 1. The number of fused-ring (bicyclic) bond motifs is 1. The van der Waals surface area contributed by atoms with Crippen molar-refractivity contribution in [3.63, 3.8) is 0 Å². The second-order valence-electron chi connectivity index (χ2n) is 4.74. The number of para-hydroxylation sites is 1. The van der Waals surface area contributed by atoms with Crippen molar-refractivity contribution in [2.24, 2.45) is 0 Å². The molecule has 0 spiro atoms. The van der Waals surface area contributed by atoms with Gasteiger partial charge in [-0.3, -0.25) is 4.79 Å². The number of hydrogen-bond donors (Lipinski definition) is 1. The van der Waals surface area contributed by atoms with Gasteiger partial charge in [0.05, 0.1) is 12.8 Å². The number of carbonyl (C=O) groups excluding carboxylic acids is 1. The minimum atomic E-state index is -0.0819. The Balaban J connectivity index is 1.97. The molecule has 0 amide bonds. The quantitative estimate of drug-likeness (QED) is 0.721. The third kappa shape index (κ3) is 2.60. The average molecular weight is 281 g/mol. The fourth-order valence-corrected chi connectivity index (χ4v) is 2.16. The summed E-state index contributed by atoms with van der Waals surface area (Å²) in [6.45, 7) is 1.49. The lowest BCUT2D eigenvalue weighted by atomic mass is 10.2. The lowest BCUT2D eigenvalue weighted by Gasteiger charge is -2.07. The molecule has 0 radical (unpaired) electrons. The number of carbonyl (C=O) groups is 1. The second kappa shape index (κ2) is 5.32. The molecule has 0 aliphatic rings. The van der Waals surface area contributed by atoms with Crippen LogP contribution in [0.15, 0.2) is 52.9 Å². The molecule has 1 heterocycles. The smallest absolute Gasteiger partial charge is 0.194 e. The zero-order chi connectivity index (χ0) is 14.8. The lowest BCUT2D eigenvalue weighted by Crippen LogP contribution is -1.91. The number of furan rings is 1. The summed E-state index contributed by atoms with van der Waals surface area (Å²) in [4.78, 5) is 11.4. The van der Waals surface area contributed by atoms with Crippen molar-refractivity contribution in [1.82, 2.24) is 0 Å². The molecule has 1 aromatic heterocycles. The van der Waals surface area contributed by atoms with E-state index in [9.17, 15) is 4.79 Å². The number of anilines is 2. The van der Waals surface area contributed by atoms with Crippen molar-refractivity contribution in [3.05, 3.63) is 54.3 Å². The summed E-state index contributed by atoms with van der Waals surface area (Å²) >= 11 is 0. The summed E-state index contributed by atoms with van der Waals surface area (Å²) in [5.74, 6) is 1.09. The van der Waals surface area contributed by atoms with Gasteiger partial charge in [-0.25, -0.2) is 0 Å². The number of ether oxygens (including phenoxy) is 1. The molecule has 3 rings (SSSR count). The van der Waals surface area contributed by atoms with E-state index in [0.29, 0.717) is 11.3 Å². The van der Waals surface area contributed by atoms with Gasteiger partial charge in [-0.05, 0) is 36.4 Å². The van der Waals surface area contributed by atoms with Crippen LogP contribution in [-0.2, 0) is 0 Å². The van der Waals surface area contributed by atoms with Gasteiger partial charge in [-0.15, -0.1) is 0 Å². The first-order valence-corrected chi connectivity index (χ1v) is 6.62. The highest BCUT2D eigenvalue weighted by molar-refractivity contribution is 5.99. The molecule has 106 valence electrons. The Morgan fingerprint density at radius 2 is 1.90 bits per heavy atom. The molecule has 0 atom stereocenters. The number of Topliss-reactive ketones (excluding diaryl/α,β-unsaturated/α-hetero) is 1. The molecule has 0 unspecified atom stereocenters. The van der Waals surface area contributed by atoms with E-state index in [1.807, 2.05) is 42.5 Å². The van der Waals surface area contributed by atoms with Gasteiger partial charge in [0.2, 0.25) is 0 Å². The highest BCUT2D eigenvalue weighted by Gasteiger charge is 2.11. The molecule has 0 aliphatic heterocycles. The molecule has 4 nitrogen and oxygen atoms in total. The molecule has 1 N–H and O–H groups in total. The van der Waals surface area contributed by atoms with Gasteiger partial charge in [0.25, 0.3) is 0 Å². The van der Waals surface area contributed by atoms with Crippen molar-refractivity contribution in [2.75, 3.05) is 12.4 Å². The van der Waals surface area contributed by atoms with Crippen molar-refractivity contribution in [1.29, 1.82) is 0 Å². The van der Waals surface area contributed by atoms with Crippen LogP contribution in [-0.4, -0.2) is 12.9 Å². The predicted molar refractivity (Wildman–Crippen MR) is 82.5 cm³/mol. The largest absolute Gasteiger partial charge is 0.497 e. The minimum Gasteiger partial charge on any atom is -0.497 e. The highest BCUT2D eigenvalue weighted by atomic mass is 16.5. The Morgan fingerprint density at radius 3 is 2.57 bits per heavy atom. The van der Waals surface area contributed by atoms with Crippen LogP contribution in [0.4, 0.5) is 11.4 Å². The SMILES string of the molecule is COc1ccc(Nc2cccc3cc(C(C)=O)oc23)cc1. The fraction of sp³-hybridized carbons (Fsp3) is 0.118. The molecule has 21 heavy (non-hydrogen) atoms. The van der Waals surface area contributed by atoms with Gasteiger partial charge in [0, 0.05) is 18.0 Å². The number of hydrogen-bond acceptors (Lipinski definition) is 4. The van der Waals surface area contributed by atoms with Gasteiger partial charge in [0.1, 0.15) is 5.75 Å². The number of methoxy groups -OCH3 is 1. The van der Waals surface area contributed by atoms with Crippen molar-refractivity contribution in [3.8, 4) is 5.75 Å². The molecular formula is C17H15NO3. The first-order chi connectivity index (χ1) is 10.2. The third-order valence-electron chi connectivity index (χ3n) is 3.26. The van der Waals surface area contributed by atoms with E-state index < -0.39 is 0 Å². The highest BCUT2D eigenvalue weighted by Crippen LogP contribution is 2.29. The molecule has 3 aromatic rings. The topological polar surface area (TPSA) is 51.5 Å². The fourth-order valence-electron chi connectivity index (χ4n) is 2.16. The zero-order valence-corrected chi connectivity index (χ0v) is 11.8. The van der Waals surface area contributed by atoms with Crippen LogP contribution in [0.5, 0.6) is 5.75 Å². The van der Waals surface area contributed by atoms with Crippen LogP contribution < -0.4 is 10.1 Å². The Hall–Kier alpha value is -2.75. The molecule has 0 bridgehead atoms. The van der Waals surface area contributed by atoms with Gasteiger partial charge >= 0.3 is 0 Å². The minimum absolute atomic E-state index is 0.0819. The molecule has 4 heteroatoms. The van der Waals surface area contributed by atoms with E-state index in [4.69, 9.17) is 9.15 Å². The maximum absolute atomic E-state index is 11.4. The normalized spacial score (nSPS) is 10.6. The van der Waals surface area contributed by atoms with E-state index in [2.05, 4.69) is 5.32 Å². The molecule has 2 aromatic carbocycles. The molecule has 0 aliphatic carbocycles. The van der Waals surface area contributed by atoms with Crippen molar-refractivity contribution < 1.29 is 13.9 Å². The average Bonchev–Trinajstić information content (AvgIpc) is 2.93. The van der Waals surface area contributed by atoms with Crippen molar-refractivity contribution >= 4 is 28.1 Å². The summed E-state index contributed by atoms with van der Waals surface area (Å²) in [5.41, 5.74) is 2.42. The third-order valence-corrected chi connectivity index (χ3v) is 3.26. The zero-order valence-electron chi connectivity index (χ0n) is 11.8. The first kappa shape index (κ1) is 13.2. The summed E-state index contributed by atoms with van der Waals surface area (Å²) in [5, 5.41) is 4.19. The number of rotatable bonds is 4. The molecule has 0 saturated heterocycles. The second-order valence-corrected chi connectivity index (χ2v) is 4.74. The lowest BCUT2D eigenvalue weighted by molar-refractivity contribution is 0.0989. The molecule has 0 saturated carbocycles. The Bertz CT molecular complexity index is 787.